The molecule has 0 radical (unpaired) electrons. The van der Waals surface area contributed by atoms with Gasteiger partial charge in [0.05, 0.1) is 5.75 Å². The van der Waals surface area contributed by atoms with Crippen molar-refractivity contribution in [2.24, 2.45) is 16.7 Å². The minimum atomic E-state index is -3.45. The molecule has 0 unspecified atom stereocenters. The lowest BCUT2D eigenvalue weighted by Crippen LogP contribution is -2.52. The molecule has 2 atom stereocenters. The van der Waals surface area contributed by atoms with E-state index in [1.54, 1.807) is 4.31 Å². The molecule has 1 aromatic carbocycles. The van der Waals surface area contributed by atoms with E-state index in [1.165, 1.54) is 16.8 Å². The highest BCUT2D eigenvalue weighted by Gasteiger charge is 2.65. The first-order valence-electron chi connectivity index (χ1n) is 10.4. The SMILES string of the molecule is Cc1ccc(C)c(N2CCN(S(=O)(=O)C[C@]34CC[C@@H](CC3=O)C4(C)C)CC2)c1. The third-order valence-corrected chi connectivity index (χ3v) is 9.91. The Morgan fingerprint density at radius 2 is 1.79 bits per heavy atom. The van der Waals surface area contributed by atoms with Gasteiger partial charge in [-0.3, -0.25) is 4.79 Å². The first-order chi connectivity index (χ1) is 13.1. The molecule has 0 amide bonds. The predicted molar refractivity (Wildman–Crippen MR) is 112 cm³/mol. The fourth-order valence-corrected chi connectivity index (χ4v) is 7.98. The van der Waals surface area contributed by atoms with Gasteiger partial charge < -0.3 is 4.90 Å². The van der Waals surface area contributed by atoms with Gasteiger partial charge in [0, 0.05) is 43.7 Å². The van der Waals surface area contributed by atoms with Gasteiger partial charge in [-0.2, -0.15) is 4.31 Å². The molecule has 4 rings (SSSR count). The Morgan fingerprint density at radius 1 is 1.11 bits per heavy atom. The van der Waals surface area contributed by atoms with E-state index in [1.807, 2.05) is 0 Å². The van der Waals surface area contributed by atoms with Crippen molar-refractivity contribution in [2.75, 3.05) is 36.8 Å². The van der Waals surface area contributed by atoms with E-state index in [2.05, 4.69) is 50.8 Å². The molecular formula is C22H32N2O3S. The Morgan fingerprint density at radius 3 is 2.36 bits per heavy atom. The fourth-order valence-electron chi connectivity index (χ4n) is 5.78. The summed E-state index contributed by atoms with van der Waals surface area (Å²) in [6.07, 6.45) is 2.27. The molecule has 3 aliphatic rings. The number of hydrogen-bond acceptors (Lipinski definition) is 4. The van der Waals surface area contributed by atoms with Crippen molar-refractivity contribution >= 4 is 21.5 Å². The first kappa shape index (κ1) is 19.9. The summed E-state index contributed by atoms with van der Waals surface area (Å²) in [6, 6.07) is 6.40. The number of fused-ring (bicyclic) bond motifs is 2. The second-order valence-corrected chi connectivity index (χ2v) is 11.6. The van der Waals surface area contributed by atoms with Gasteiger partial charge in [0.15, 0.2) is 0 Å². The summed E-state index contributed by atoms with van der Waals surface area (Å²) in [5.41, 5.74) is 2.74. The number of rotatable bonds is 4. The van der Waals surface area contributed by atoms with E-state index in [0.717, 1.165) is 12.8 Å². The molecule has 2 aliphatic carbocycles. The zero-order valence-corrected chi connectivity index (χ0v) is 18.3. The number of hydrogen-bond donors (Lipinski definition) is 0. The third-order valence-electron chi connectivity index (χ3n) is 7.91. The number of carbonyl (C=O) groups excluding carboxylic acids is 1. The molecular weight excluding hydrogens is 372 g/mol. The average Bonchev–Trinajstić information content (AvgIpc) is 2.98. The standard InChI is InChI=1S/C22H32N2O3S/c1-16-5-6-17(2)19(13-16)23-9-11-24(12-10-23)28(26,27)15-22-8-7-18(14-20(22)25)21(22,3)4/h5-6,13,18H,7-12,14-15H2,1-4H3/t18-,22+/m0/s1. The molecule has 2 bridgehead atoms. The third kappa shape index (κ3) is 2.91. The van der Waals surface area contributed by atoms with E-state index in [0.29, 0.717) is 38.5 Å². The van der Waals surface area contributed by atoms with Crippen LogP contribution in [0.4, 0.5) is 5.69 Å². The Kier molecular flexibility index (Phi) is 4.66. The number of aryl methyl sites for hydroxylation is 2. The van der Waals surface area contributed by atoms with Crippen LogP contribution in [0.5, 0.6) is 0 Å². The van der Waals surface area contributed by atoms with Crippen LogP contribution in [0.1, 0.15) is 44.2 Å². The number of benzene rings is 1. The zero-order chi connectivity index (χ0) is 20.3. The lowest BCUT2D eigenvalue weighted by atomic mass is 9.70. The minimum Gasteiger partial charge on any atom is -0.369 e. The molecule has 5 nitrogen and oxygen atoms in total. The highest BCUT2D eigenvalue weighted by Crippen LogP contribution is 2.64. The van der Waals surface area contributed by atoms with Crippen LogP contribution in [0.3, 0.4) is 0 Å². The first-order valence-corrected chi connectivity index (χ1v) is 12.0. The van der Waals surface area contributed by atoms with Crippen LogP contribution in [-0.2, 0) is 14.8 Å². The number of ketones is 1. The summed E-state index contributed by atoms with van der Waals surface area (Å²) in [5.74, 6) is 0.508. The lowest BCUT2D eigenvalue weighted by Gasteiger charge is -2.40. The fraction of sp³-hybridized carbons (Fsp3) is 0.682. The van der Waals surface area contributed by atoms with Gasteiger partial charge in [0.25, 0.3) is 0 Å². The summed E-state index contributed by atoms with van der Waals surface area (Å²) in [7, 11) is -3.45. The van der Waals surface area contributed by atoms with Gasteiger partial charge in [-0.1, -0.05) is 26.0 Å². The van der Waals surface area contributed by atoms with Crippen LogP contribution in [0, 0.1) is 30.6 Å². The van der Waals surface area contributed by atoms with Crippen LogP contribution in [0.15, 0.2) is 18.2 Å². The van der Waals surface area contributed by atoms with Gasteiger partial charge in [0.1, 0.15) is 5.78 Å². The van der Waals surface area contributed by atoms with Crippen LogP contribution in [0.25, 0.3) is 0 Å². The maximum Gasteiger partial charge on any atom is 0.215 e. The maximum atomic E-state index is 13.3. The van der Waals surface area contributed by atoms with Crippen molar-refractivity contribution in [2.45, 2.75) is 47.0 Å². The van der Waals surface area contributed by atoms with Gasteiger partial charge in [-0.15, -0.1) is 0 Å². The van der Waals surface area contributed by atoms with Crippen molar-refractivity contribution in [1.82, 2.24) is 4.31 Å². The average molecular weight is 405 g/mol. The molecule has 2 saturated carbocycles. The normalized spacial score (nSPS) is 30.2. The van der Waals surface area contributed by atoms with Crippen LogP contribution >= 0.6 is 0 Å². The number of piperazine rings is 1. The monoisotopic (exact) mass is 404 g/mol. The molecule has 3 fully saturated rings. The Hall–Kier alpha value is -1.40. The topological polar surface area (TPSA) is 57.7 Å². The number of sulfonamides is 1. The van der Waals surface area contributed by atoms with E-state index >= 15 is 0 Å². The molecule has 1 heterocycles. The van der Waals surface area contributed by atoms with E-state index in [9.17, 15) is 13.2 Å². The molecule has 1 aromatic rings. The molecule has 0 aromatic heterocycles. The van der Waals surface area contributed by atoms with Gasteiger partial charge in [-0.05, 0) is 55.2 Å². The quantitative estimate of drug-likeness (QED) is 0.774. The second kappa shape index (κ2) is 6.56. The highest BCUT2D eigenvalue weighted by molar-refractivity contribution is 7.89. The molecule has 28 heavy (non-hydrogen) atoms. The number of anilines is 1. The van der Waals surface area contributed by atoms with Gasteiger partial charge in [0.2, 0.25) is 10.0 Å². The number of nitrogens with zero attached hydrogens (tertiary/aromatic N) is 2. The van der Waals surface area contributed by atoms with Crippen molar-refractivity contribution in [3.63, 3.8) is 0 Å². The Labute approximate surface area is 169 Å². The molecule has 1 aliphatic heterocycles. The van der Waals surface area contributed by atoms with E-state index < -0.39 is 15.4 Å². The van der Waals surface area contributed by atoms with Gasteiger partial charge >= 0.3 is 0 Å². The Bertz CT molecular complexity index is 900. The molecule has 1 saturated heterocycles. The summed E-state index contributed by atoms with van der Waals surface area (Å²) in [4.78, 5) is 15.0. The van der Waals surface area contributed by atoms with Crippen molar-refractivity contribution < 1.29 is 13.2 Å². The Balaban J connectivity index is 1.49. The van der Waals surface area contributed by atoms with E-state index in [-0.39, 0.29) is 17.0 Å². The molecule has 0 spiro atoms. The number of carbonyl (C=O) groups is 1. The molecule has 6 heteroatoms. The molecule has 0 N–H and O–H groups in total. The lowest BCUT2D eigenvalue weighted by molar-refractivity contribution is -0.128. The summed E-state index contributed by atoms with van der Waals surface area (Å²) in [6.45, 7) is 10.7. The smallest absolute Gasteiger partial charge is 0.215 e. The number of Topliss-reactive ketones (excluding diaryl/α,β-unsaturated/α-hetero) is 1. The summed E-state index contributed by atoms with van der Waals surface area (Å²) in [5, 5.41) is 0. The summed E-state index contributed by atoms with van der Waals surface area (Å²) >= 11 is 0. The van der Waals surface area contributed by atoms with Crippen LogP contribution in [-0.4, -0.2) is 50.4 Å². The zero-order valence-electron chi connectivity index (χ0n) is 17.5. The highest BCUT2D eigenvalue weighted by atomic mass is 32.2. The largest absolute Gasteiger partial charge is 0.369 e. The second-order valence-electron chi connectivity index (χ2n) is 9.60. The van der Waals surface area contributed by atoms with Crippen molar-refractivity contribution in [3.8, 4) is 0 Å². The van der Waals surface area contributed by atoms with Crippen molar-refractivity contribution in [1.29, 1.82) is 0 Å². The van der Waals surface area contributed by atoms with Gasteiger partial charge in [-0.25, -0.2) is 8.42 Å². The van der Waals surface area contributed by atoms with Crippen LogP contribution < -0.4 is 4.90 Å². The van der Waals surface area contributed by atoms with Crippen molar-refractivity contribution in [3.05, 3.63) is 29.3 Å². The van der Waals surface area contributed by atoms with Crippen LogP contribution in [0.2, 0.25) is 0 Å². The van der Waals surface area contributed by atoms with E-state index in [4.69, 9.17) is 0 Å². The predicted octanol–water partition coefficient (Wildman–Crippen LogP) is 3.15. The maximum absolute atomic E-state index is 13.3. The summed E-state index contributed by atoms with van der Waals surface area (Å²) < 4.78 is 28.2. The minimum absolute atomic E-state index is 0.00813. The molecule has 154 valence electrons.